The summed E-state index contributed by atoms with van der Waals surface area (Å²) in [5.74, 6) is 0.0692. The summed E-state index contributed by atoms with van der Waals surface area (Å²) >= 11 is 3.23. The molecule has 16 heteroatoms. The zero-order chi connectivity index (χ0) is 37.6. The van der Waals surface area contributed by atoms with Crippen LogP contribution in [0.25, 0.3) is 0 Å². The Kier molecular flexibility index (Phi) is 18.7. The van der Waals surface area contributed by atoms with Crippen LogP contribution in [0.4, 0.5) is 11.4 Å². The van der Waals surface area contributed by atoms with Crippen molar-refractivity contribution in [2.24, 2.45) is 0 Å². The molecular formula is C36H48N8O6S2. The second kappa shape index (κ2) is 23.5. The number of H-pyrrole nitrogens is 2. The minimum Gasteiger partial charge on any atom is -0.467 e. The van der Waals surface area contributed by atoms with E-state index in [1.807, 2.05) is 36.9 Å². The molecular weight excluding hydrogens is 705 g/mol. The van der Waals surface area contributed by atoms with Crippen LogP contribution in [0.15, 0.2) is 73.6 Å². The van der Waals surface area contributed by atoms with Gasteiger partial charge >= 0.3 is 11.9 Å². The van der Waals surface area contributed by atoms with Gasteiger partial charge < -0.3 is 40.7 Å². The van der Waals surface area contributed by atoms with Gasteiger partial charge in [-0.15, -0.1) is 0 Å². The molecule has 2 aromatic carbocycles. The highest BCUT2D eigenvalue weighted by molar-refractivity contribution is 7.98. The molecule has 0 radical (unpaired) electrons. The molecule has 4 aromatic rings. The van der Waals surface area contributed by atoms with Crippen molar-refractivity contribution in [2.45, 2.75) is 44.3 Å². The fourth-order valence-corrected chi connectivity index (χ4v) is 5.73. The lowest BCUT2D eigenvalue weighted by Crippen LogP contribution is -2.41. The van der Waals surface area contributed by atoms with Crippen LogP contribution in [0, 0.1) is 0 Å². The van der Waals surface area contributed by atoms with Crippen LogP contribution in [0.3, 0.4) is 0 Å². The third kappa shape index (κ3) is 14.7. The minimum atomic E-state index is -0.647. The van der Waals surface area contributed by atoms with Crippen molar-refractivity contribution in [3.8, 4) is 0 Å². The van der Waals surface area contributed by atoms with Crippen molar-refractivity contribution in [3.63, 3.8) is 0 Å². The largest absolute Gasteiger partial charge is 0.467 e. The molecule has 0 aliphatic carbocycles. The van der Waals surface area contributed by atoms with Crippen LogP contribution in [-0.4, -0.2) is 101 Å². The molecule has 0 bridgehead atoms. The van der Waals surface area contributed by atoms with Crippen molar-refractivity contribution in [3.05, 3.63) is 96.1 Å². The van der Waals surface area contributed by atoms with Gasteiger partial charge in [-0.05, 0) is 86.1 Å². The number of nitrogens with one attached hydrogen (secondary N) is 6. The molecule has 280 valence electrons. The molecule has 14 nitrogen and oxygen atoms in total. The molecule has 2 atom stereocenters. The van der Waals surface area contributed by atoms with Gasteiger partial charge in [0, 0.05) is 47.1 Å². The monoisotopic (exact) mass is 752 g/mol. The van der Waals surface area contributed by atoms with Crippen LogP contribution in [0.1, 0.15) is 51.4 Å². The van der Waals surface area contributed by atoms with Crippen molar-refractivity contribution >= 4 is 58.7 Å². The summed E-state index contributed by atoms with van der Waals surface area (Å²) in [6.45, 7) is 1.35. The van der Waals surface area contributed by atoms with Crippen LogP contribution in [0.5, 0.6) is 0 Å². The number of hydrogen-bond acceptors (Lipinski definition) is 12. The fourth-order valence-electron chi connectivity index (χ4n) is 4.79. The highest BCUT2D eigenvalue weighted by Crippen LogP contribution is 2.14. The van der Waals surface area contributed by atoms with E-state index in [0.717, 1.165) is 53.7 Å². The third-order valence-electron chi connectivity index (χ3n) is 7.60. The normalized spacial score (nSPS) is 11.6. The van der Waals surface area contributed by atoms with Crippen LogP contribution < -0.4 is 21.3 Å². The zero-order valence-corrected chi connectivity index (χ0v) is 31.5. The van der Waals surface area contributed by atoms with Gasteiger partial charge in [-0.25, -0.2) is 19.6 Å². The average Bonchev–Trinajstić information content (AvgIpc) is 3.91. The summed E-state index contributed by atoms with van der Waals surface area (Å²) in [6.07, 6.45) is 13.6. The molecule has 0 spiro atoms. The van der Waals surface area contributed by atoms with Gasteiger partial charge in [-0.2, -0.15) is 23.5 Å². The number of aromatic nitrogens is 4. The molecule has 0 aliphatic heterocycles. The number of amides is 2. The first-order valence-electron chi connectivity index (χ1n) is 16.7. The van der Waals surface area contributed by atoms with Crippen molar-refractivity contribution in [1.82, 2.24) is 30.6 Å². The van der Waals surface area contributed by atoms with Gasteiger partial charge in [-0.3, -0.25) is 9.59 Å². The number of ether oxygens (including phenoxy) is 2. The van der Waals surface area contributed by atoms with Crippen LogP contribution in [0.2, 0.25) is 0 Å². The van der Waals surface area contributed by atoms with Gasteiger partial charge in [0.05, 0.1) is 39.1 Å². The second-order valence-electron chi connectivity index (χ2n) is 11.4. The topological polar surface area (TPSA) is 192 Å². The van der Waals surface area contributed by atoms with E-state index in [1.165, 1.54) is 14.2 Å². The minimum absolute atomic E-state index is 0.285. The highest BCUT2D eigenvalue weighted by Gasteiger charge is 2.23. The van der Waals surface area contributed by atoms with E-state index < -0.39 is 24.0 Å². The molecule has 2 aromatic heterocycles. The molecule has 2 heterocycles. The Balaban J connectivity index is 0.000000281. The lowest BCUT2D eigenvalue weighted by molar-refractivity contribution is -0.143. The highest BCUT2D eigenvalue weighted by atomic mass is 32.2. The van der Waals surface area contributed by atoms with E-state index in [-0.39, 0.29) is 11.8 Å². The molecule has 4 rings (SSSR count). The number of nitrogens with zero attached hydrogens (tertiary/aromatic N) is 2. The van der Waals surface area contributed by atoms with E-state index in [9.17, 15) is 19.2 Å². The Morgan fingerprint density at radius 3 is 1.69 bits per heavy atom. The Bertz CT molecular complexity index is 1660. The molecule has 52 heavy (non-hydrogen) atoms. The maximum atomic E-state index is 12.5. The van der Waals surface area contributed by atoms with Crippen LogP contribution in [-0.2, 0) is 32.0 Å². The number of anilines is 2. The predicted molar refractivity (Wildman–Crippen MR) is 207 cm³/mol. The number of carbonyl (C=O) groups is 4. The van der Waals surface area contributed by atoms with Gasteiger partial charge in [0.2, 0.25) is 0 Å². The maximum absolute atomic E-state index is 12.5. The number of benzene rings is 2. The van der Waals surface area contributed by atoms with Crippen molar-refractivity contribution in [1.29, 1.82) is 0 Å². The molecule has 6 N–H and O–H groups in total. The van der Waals surface area contributed by atoms with E-state index in [1.54, 1.807) is 72.7 Å². The van der Waals surface area contributed by atoms with Crippen molar-refractivity contribution < 1.29 is 28.7 Å². The van der Waals surface area contributed by atoms with Gasteiger partial charge in [-0.1, -0.05) is 12.1 Å². The second-order valence-corrected chi connectivity index (χ2v) is 13.3. The Hall–Kier alpha value is -4.96. The predicted octanol–water partition coefficient (Wildman–Crippen LogP) is 4.53. The number of aromatic amines is 2. The Morgan fingerprint density at radius 1 is 0.731 bits per heavy atom. The summed E-state index contributed by atoms with van der Waals surface area (Å²) in [5, 5.41) is 12.0. The number of carbonyl (C=O) groups excluding carboxylic acids is 4. The first-order chi connectivity index (χ1) is 25.3. The van der Waals surface area contributed by atoms with E-state index in [4.69, 9.17) is 9.47 Å². The number of hydrogen-bond donors (Lipinski definition) is 6. The van der Waals surface area contributed by atoms with Crippen molar-refractivity contribution in [2.75, 3.05) is 55.4 Å². The summed E-state index contributed by atoms with van der Waals surface area (Å²) in [4.78, 5) is 62.7. The Labute approximate surface area is 312 Å². The zero-order valence-electron chi connectivity index (χ0n) is 29.9. The number of methoxy groups -OCH3 is 2. The number of imidazole rings is 2. The quantitative estimate of drug-likeness (QED) is 0.0547. The molecule has 0 fully saturated rings. The SMILES string of the molecule is COC(=O)[C@H](CCSC)NC(=O)c1cccc(NCCCc2cnc[nH]2)c1.COC(=O)[C@H](CCSC)NC(=O)c1cccc(NCc2cnc[nH]2)c1. The molecule has 2 amide bonds. The summed E-state index contributed by atoms with van der Waals surface area (Å²) in [5.41, 5.74) is 4.70. The fraction of sp³-hybridized carbons (Fsp3) is 0.389. The van der Waals surface area contributed by atoms with E-state index in [0.29, 0.717) is 30.5 Å². The number of aryl methyl sites for hydroxylation is 1. The lowest BCUT2D eigenvalue weighted by Gasteiger charge is -2.16. The summed E-state index contributed by atoms with van der Waals surface area (Å²) < 4.78 is 9.55. The summed E-state index contributed by atoms with van der Waals surface area (Å²) in [6, 6.07) is 13.1. The molecule has 0 saturated carbocycles. The van der Waals surface area contributed by atoms with E-state index >= 15 is 0 Å². The number of thioether (sulfide) groups is 2. The summed E-state index contributed by atoms with van der Waals surface area (Å²) in [7, 11) is 2.65. The average molecular weight is 753 g/mol. The van der Waals surface area contributed by atoms with Crippen LogP contribution >= 0.6 is 23.5 Å². The van der Waals surface area contributed by atoms with E-state index in [2.05, 4.69) is 41.2 Å². The Morgan fingerprint density at radius 2 is 1.23 bits per heavy atom. The molecule has 0 unspecified atom stereocenters. The van der Waals surface area contributed by atoms with Gasteiger partial charge in [0.1, 0.15) is 12.1 Å². The maximum Gasteiger partial charge on any atom is 0.328 e. The van der Waals surface area contributed by atoms with Gasteiger partial charge in [0.15, 0.2) is 0 Å². The first-order valence-corrected chi connectivity index (χ1v) is 19.4. The number of rotatable bonds is 20. The number of esters is 2. The molecule has 0 aliphatic rings. The third-order valence-corrected chi connectivity index (χ3v) is 8.89. The van der Waals surface area contributed by atoms with Gasteiger partial charge in [0.25, 0.3) is 11.8 Å². The first kappa shape index (κ1) is 41.5. The smallest absolute Gasteiger partial charge is 0.328 e. The standard InChI is InChI=1S/C19H26N4O3S.C17H22N4O3S/c1-26-19(25)17(8-10-27-2)23-18(24)14-5-3-6-15(11-14)21-9-4-7-16-12-20-13-22-16;1-24-17(23)15(6-7-25-2)21-16(22)12-4-3-5-13(8-12)19-10-14-9-18-11-20-14/h3,5-6,11-13,17,21H,4,7-10H2,1-2H3,(H,20,22)(H,23,24);3-5,8-9,11,15,19H,6-7,10H2,1-2H3,(H,18,20)(H,21,22)/t17-;15-/m00/s1. The lowest BCUT2D eigenvalue weighted by atomic mass is 10.1. The molecule has 0 saturated heterocycles.